The molecule has 2 aliphatic heterocycles. The van der Waals surface area contributed by atoms with E-state index in [2.05, 4.69) is 11.2 Å². The van der Waals surface area contributed by atoms with Crippen molar-refractivity contribution in [1.29, 1.82) is 0 Å². The van der Waals surface area contributed by atoms with E-state index in [1.165, 1.54) is 0 Å². The number of allylic oxidation sites excluding steroid dienone is 2. The summed E-state index contributed by atoms with van der Waals surface area (Å²) in [5.41, 5.74) is 0. The van der Waals surface area contributed by atoms with Gasteiger partial charge >= 0.3 is 0 Å². The molecule has 0 aromatic rings. The zero-order valence-electron chi connectivity index (χ0n) is 4.78. The number of aliphatic imine (C=N–C) groups is 1. The summed E-state index contributed by atoms with van der Waals surface area (Å²) in [7, 11) is 0. The van der Waals surface area contributed by atoms with Crippen molar-refractivity contribution in [2.75, 3.05) is 0 Å². The van der Waals surface area contributed by atoms with Gasteiger partial charge in [0.25, 0.3) is 5.84 Å². The van der Waals surface area contributed by atoms with Crippen molar-refractivity contribution in [2.45, 2.75) is 0 Å². The highest BCUT2D eigenvalue weighted by atomic mass is 15.2. The molecular weight excluding hydrogens is 112 g/mol. The molecule has 0 radical (unpaired) electrons. The second-order valence-corrected chi connectivity index (χ2v) is 1.82. The molecule has 0 atom stereocenters. The molecule has 2 aliphatic rings. The Bertz CT molecular complexity index is 233. The van der Waals surface area contributed by atoms with Crippen LogP contribution in [0.1, 0.15) is 0 Å². The molecule has 9 heavy (non-hydrogen) atoms. The van der Waals surface area contributed by atoms with Gasteiger partial charge in [-0.05, 0) is 6.08 Å². The van der Waals surface area contributed by atoms with Crippen LogP contribution in [0.3, 0.4) is 0 Å². The van der Waals surface area contributed by atoms with Gasteiger partial charge in [0.15, 0.2) is 12.4 Å². The van der Waals surface area contributed by atoms with E-state index in [0.717, 1.165) is 5.84 Å². The van der Waals surface area contributed by atoms with Crippen molar-refractivity contribution in [1.82, 2.24) is 4.90 Å². The summed E-state index contributed by atoms with van der Waals surface area (Å²) in [6, 6.07) is 0. The highest BCUT2D eigenvalue weighted by Gasteiger charge is 2.19. The lowest BCUT2D eigenvalue weighted by Gasteiger charge is -1.98. The Hall–Kier alpha value is -1.40. The maximum absolute atomic E-state index is 4.03. The smallest absolute Gasteiger partial charge is 0.145 e. The van der Waals surface area contributed by atoms with Crippen LogP contribution in [0.15, 0.2) is 35.6 Å². The molecule has 2 rings (SSSR count). The van der Waals surface area contributed by atoms with Crippen LogP contribution in [0.4, 0.5) is 0 Å². The summed E-state index contributed by atoms with van der Waals surface area (Å²) in [5.74, 6) is 0.942. The third kappa shape index (κ3) is 0.574. The van der Waals surface area contributed by atoms with Crippen LogP contribution in [0, 0.1) is 6.20 Å². The fourth-order valence-electron chi connectivity index (χ4n) is 0.806. The van der Waals surface area contributed by atoms with Crippen molar-refractivity contribution in [3.63, 3.8) is 0 Å². The van der Waals surface area contributed by atoms with Gasteiger partial charge in [0.2, 0.25) is 0 Å². The van der Waals surface area contributed by atoms with Gasteiger partial charge in [0, 0.05) is 12.2 Å². The van der Waals surface area contributed by atoms with E-state index < -0.39 is 0 Å². The lowest BCUT2D eigenvalue weighted by atomic mass is 10.3. The molecule has 0 aromatic carbocycles. The molecular formula is C7H5N2+. The van der Waals surface area contributed by atoms with Crippen molar-refractivity contribution >= 4 is 5.84 Å². The first kappa shape index (κ1) is 4.48. The van der Waals surface area contributed by atoms with Gasteiger partial charge in [-0.2, -0.15) is 0 Å². The molecule has 0 saturated heterocycles. The Morgan fingerprint density at radius 1 is 1.44 bits per heavy atom. The van der Waals surface area contributed by atoms with E-state index >= 15 is 0 Å². The van der Waals surface area contributed by atoms with Crippen LogP contribution >= 0.6 is 0 Å². The second kappa shape index (κ2) is 1.54. The number of nitrogens with zero attached hydrogens (tertiary/aromatic N) is 2. The normalized spacial score (nSPS) is 19.6. The molecule has 0 aromatic heterocycles. The summed E-state index contributed by atoms with van der Waals surface area (Å²) >= 11 is 0. The van der Waals surface area contributed by atoms with E-state index in [1.807, 2.05) is 29.3 Å². The minimum absolute atomic E-state index is 0.942. The Kier molecular flexibility index (Phi) is 0.765. The molecule has 0 bridgehead atoms. The molecule has 0 aliphatic carbocycles. The maximum atomic E-state index is 4.03. The first-order chi connectivity index (χ1) is 4.47. The van der Waals surface area contributed by atoms with Crippen LogP contribution in [-0.2, 0) is 0 Å². The van der Waals surface area contributed by atoms with Gasteiger partial charge in [-0.25, -0.2) is 0 Å². The summed E-state index contributed by atoms with van der Waals surface area (Å²) < 4.78 is 0. The minimum Gasteiger partial charge on any atom is -0.145 e. The standard InChI is InChI=1S/C7H5N2/c1-2-5-9-6-4-8-7(9)3-1/h1-5H/q+1. The summed E-state index contributed by atoms with van der Waals surface area (Å²) in [5, 5.41) is 0. The van der Waals surface area contributed by atoms with E-state index in [-0.39, 0.29) is 0 Å². The van der Waals surface area contributed by atoms with Crippen molar-refractivity contribution in [2.24, 2.45) is 4.99 Å². The Morgan fingerprint density at radius 3 is 3.33 bits per heavy atom. The van der Waals surface area contributed by atoms with Gasteiger partial charge in [0.05, 0.1) is 0 Å². The number of hydrogen-bond donors (Lipinski definition) is 0. The molecule has 0 amide bonds. The lowest BCUT2D eigenvalue weighted by molar-refractivity contribution is 0.747. The van der Waals surface area contributed by atoms with E-state index in [0.29, 0.717) is 0 Å². The van der Waals surface area contributed by atoms with Gasteiger partial charge in [0.1, 0.15) is 6.20 Å². The molecule has 2 heterocycles. The van der Waals surface area contributed by atoms with Crippen molar-refractivity contribution in [3.05, 3.63) is 36.8 Å². The van der Waals surface area contributed by atoms with Gasteiger partial charge in [-0.3, -0.25) is 0 Å². The Morgan fingerprint density at radius 2 is 2.44 bits per heavy atom. The largest absolute Gasteiger partial charge is 0.251 e. The molecule has 42 valence electrons. The Balaban J connectivity index is 2.40. The monoisotopic (exact) mass is 117 g/mol. The second-order valence-electron chi connectivity index (χ2n) is 1.82. The fourth-order valence-corrected chi connectivity index (χ4v) is 0.806. The van der Waals surface area contributed by atoms with Crippen LogP contribution in [0.2, 0.25) is 0 Å². The third-order valence-corrected chi connectivity index (χ3v) is 1.23. The van der Waals surface area contributed by atoms with Gasteiger partial charge in [-0.1, -0.05) is 0 Å². The predicted molar refractivity (Wildman–Crippen MR) is 35.4 cm³/mol. The zero-order chi connectivity index (χ0) is 6.10. The van der Waals surface area contributed by atoms with Crippen LogP contribution in [0.25, 0.3) is 0 Å². The van der Waals surface area contributed by atoms with E-state index in [4.69, 9.17) is 0 Å². The quantitative estimate of drug-likeness (QED) is 0.433. The topological polar surface area (TPSA) is 15.6 Å². The first-order valence-corrected chi connectivity index (χ1v) is 2.76. The molecule has 0 N–H and O–H groups in total. The summed E-state index contributed by atoms with van der Waals surface area (Å²) in [4.78, 5) is 5.87. The number of fused-ring (bicyclic) bond motifs is 1. The maximum Gasteiger partial charge on any atom is 0.251 e. The molecule has 0 spiro atoms. The SMILES string of the molecule is [C+]1=CN=C2C=CC=CN12. The number of hydrogen-bond acceptors (Lipinski definition) is 2. The van der Waals surface area contributed by atoms with Gasteiger partial charge < -0.3 is 0 Å². The summed E-state index contributed by atoms with van der Waals surface area (Å²) in [6.07, 6.45) is 12.4. The van der Waals surface area contributed by atoms with Crippen molar-refractivity contribution in [3.8, 4) is 0 Å². The molecule has 0 saturated carbocycles. The highest BCUT2D eigenvalue weighted by Crippen LogP contribution is 2.07. The number of rotatable bonds is 0. The van der Waals surface area contributed by atoms with Crippen LogP contribution in [0.5, 0.6) is 0 Å². The van der Waals surface area contributed by atoms with Gasteiger partial charge in [-0.15, -0.1) is 9.89 Å². The molecule has 0 unspecified atom stereocenters. The molecule has 2 heteroatoms. The van der Waals surface area contributed by atoms with E-state index in [1.54, 1.807) is 6.20 Å². The predicted octanol–water partition coefficient (Wildman–Crippen LogP) is 1.06. The summed E-state index contributed by atoms with van der Waals surface area (Å²) in [6.45, 7) is 0. The van der Waals surface area contributed by atoms with Crippen molar-refractivity contribution < 1.29 is 0 Å². The lowest BCUT2D eigenvalue weighted by Crippen LogP contribution is -2.16. The van der Waals surface area contributed by atoms with Crippen LogP contribution in [-0.4, -0.2) is 10.7 Å². The fraction of sp³-hybridized carbons (Fsp3) is 0. The minimum atomic E-state index is 0.942. The zero-order valence-corrected chi connectivity index (χ0v) is 4.78. The average molecular weight is 117 g/mol. The highest BCUT2D eigenvalue weighted by molar-refractivity contribution is 5.96. The number of amidine groups is 1. The van der Waals surface area contributed by atoms with E-state index in [9.17, 15) is 0 Å². The average Bonchev–Trinajstić information content (AvgIpc) is 2.33. The molecule has 2 nitrogen and oxygen atoms in total. The third-order valence-electron chi connectivity index (χ3n) is 1.23. The van der Waals surface area contributed by atoms with Crippen LogP contribution < -0.4 is 0 Å². The molecule has 0 fully saturated rings. The first-order valence-electron chi connectivity index (χ1n) is 2.76. The Labute approximate surface area is 53.5 Å².